The van der Waals surface area contributed by atoms with Crippen LogP contribution in [-0.2, 0) is 11.2 Å². The average Bonchev–Trinajstić information content (AvgIpc) is 2.48. The molecule has 0 aliphatic rings. The first-order valence-corrected chi connectivity index (χ1v) is 6.38. The molecule has 0 aromatic heterocycles. The van der Waals surface area contributed by atoms with Gasteiger partial charge in [0.15, 0.2) is 0 Å². The van der Waals surface area contributed by atoms with Crippen molar-refractivity contribution in [2.24, 2.45) is 0 Å². The highest BCUT2D eigenvalue weighted by atomic mass is 16.5. The molecule has 0 amide bonds. The summed E-state index contributed by atoms with van der Waals surface area (Å²) in [6.07, 6.45) is 1.64. The highest BCUT2D eigenvalue weighted by Crippen LogP contribution is 2.33. The summed E-state index contributed by atoms with van der Waals surface area (Å²) in [6.45, 7) is 3.44. The molecule has 0 saturated carbocycles. The smallest absolute Gasteiger partial charge is 0.335 e. The van der Waals surface area contributed by atoms with E-state index in [9.17, 15) is 9.90 Å². The lowest BCUT2D eigenvalue weighted by atomic mass is 9.97. The van der Waals surface area contributed by atoms with Crippen molar-refractivity contribution in [3.63, 3.8) is 0 Å². The molecular weight excluding hydrogens is 252 g/mol. The number of aliphatic hydroxyl groups excluding tert-OH is 1. The molecule has 0 radical (unpaired) electrons. The Morgan fingerprint density at radius 3 is 2.55 bits per heavy atom. The predicted octanol–water partition coefficient (Wildman–Crippen LogP) is 2.98. The minimum atomic E-state index is -0.497. The molecule has 3 heteroatoms. The van der Waals surface area contributed by atoms with Gasteiger partial charge in [-0.05, 0) is 23.6 Å². The Morgan fingerprint density at radius 2 is 1.90 bits per heavy atom. The van der Waals surface area contributed by atoms with Crippen molar-refractivity contribution >= 4 is 5.97 Å². The van der Waals surface area contributed by atoms with Crippen LogP contribution in [0.3, 0.4) is 0 Å². The average molecular weight is 268 g/mol. The molecular formula is C17H16O3. The van der Waals surface area contributed by atoms with Crippen LogP contribution in [0.4, 0.5) is 0 Å². The lowest BCUT2D eigenvalue weighted by molar-refractivity contribution is -0.128. The Kier molecular flexibility index (Phi) is 4.69. The number of aliphatic hydroxyl groups is 1. The summed E-state index contributed by atoms with van der Waals surface area (Å²) in [5.74, 6) is -0.0182. The Bertz CT molecular complexity index is 603. The first-order chi connectivity index (χ1) is 9.76. The Hall–Kier alpha value is -2.39. The first-order valence-electron chi connectivity index (χ1n) is 6.38. The van der Waals surface area contributed by atoms with Gasteiger partial charge in [0.1, 0.15) is 5.75 Å². The molecule has 102 valence electrons. The fourth-order valence-corrected chi connectivity index (χ4v) is 2.07. The summed E-state index contributed by atoms with van der Waals surface area (Å²) in [5.41, 5.74) is 2.72. The number of hydrogen-bond donors (Lipinski definition) is 1. The number of rotatable bonds is 5. The van der Waals surface area contributed by atoms with Crippen LogP contribution in [0.2, 0.25) is 0 Å². The van der Waals surface area contributed by atoms with Crippen LogP contribution < -0.4 is 4.74 Å². The van der Waals surface area contributed by atoms with Gasteiger partial charge in [-0.2, -0.15) is 0 Å². The lowest BCUT2D eigenvalue weighted by Gasteiger charge is -2.14. The van der Waals surface area contributed by atoms with Gasteiger partial charge < -0.3 is 9.84 Å². The third kappa shape index (κ3) is 3.13. The molecule has 20 heavy (non-hydrogen) atoms. The van der Waals surface area contributed by atoms with Gasteiger partial charge in [-0.3, -0.25) is 0 Å². The molecule has 2 aromatic rings. The van der Waals surface area contributed by atoms with Crippen LogP contribution in [-0.4, -0.2) is 17.7 Å². The van der Waals surface area contributed by atoms with Crippen molar-refractivity contribution in [2.45, 2.75) is 6.42 Å². The SMILES string of the molecule is C=CC(=O)Oc1cccc(CCO)c1-c1ccccc1. The molecule has 1 N–H and O–H groups in total. The molecule has 0 spiro atoms. The van der Waals surface area contributed by atoms with Crippen LogP contribution in [0.15, 0.2) is 61.2 Å². The summed E-state index contributed by atoms with van der Waals surface area (Å²) < 4.78 is 5.30. The quantitative estimate of drug-likeness (QED) is 0.515. The second-order valence-electron chi connectivity index (χ2n) is 4.26. The van der Waals surface area contributed by atoms with Crippen LogP contribution in [0, 0.1) is 0 Å². The Labute approximate surface area is 118 Å². The zero-order valence-electron chi connectivity index (χ0n) is 11.1. The maximum absolute atomic E-state index is 11.4. The number of hydrogen-bond acceptors (Lipinski definition) is 3. The fraction of sp³-hybridized carbons (Fsp3) is 0.118. The second-order valence-corrected chi connectivity index (χ2v) is 4.26. The molecule has 0 fully saturated rings. The van der Waals surface area contributed by atoms with Crippen molar-refractivity contribution < 1.29 is 14.6 Å². The minimum Gasteiger partial charge on any atom is -0.423 e. The van der Waals surface area contributed by atoms with Gasteiger partial charge in [-0.25, -0.2) is 4.79 Å². The van der Waals surface area contributed by atoms with E-state index in [0.29, 0.717) is 12.2 Å². The summed E-state index contributed by atoms with van der Waals surface area (Å²) >= 11 is 0. The number of carbonyl (C=O) groups is 1. The maximum Gasteiger partial charge on any atom is 0.335 e. The molecule has 0 aliphatic carbocycles. The molecule has 0 saturated heterocycles. The van der Waals surface area contributed by atoms with Crippen LogP contribution in [0.25, 0.3) is 11.1 Å². The van der Waals surface area contributed by atoms with E-state index in [2.05, 4.69) is 6.58 Å². The van der Waals surface area contributed by atoms with Gasteiger partial charge in [0.2, 0.25) is 0 Å². The van der Waals surface area contributed by atoms with Gasteiger partial charge in [-0.1, -0.05) is 49.0 Å². The van der Waals surface area contributed by atoms with E-state index in [1.807, 2.05) is 42.5 Å². The lowest BCUT2D eigenvalue weighted by Crippen LogP contribution is -2.06. The van der Waals surface area contributed by atoms with Crippen LogP contribution >= 0.6 is 0 Å². The van der Waals surface area contributed by atoms with E-state index in [1.165, 1.54) is 0 Å². The zero-order chi connectivity index (χ0) is 14.4. The van der Waals surface area contributed by atoms with Gasteiger partial charge in [0.05, 0.1) is 0 Å². The first kappa shape index (κ1) is 14.0. The number of ether oxygens (including phenoxy) is 1. The van der Waals surface area contributed by atoms with Crippen molar-refractivity contribution in [1.29, 1.82) is 0 Å². The van der Waals surface area contributed by atoms with Crippen molar-refractivity contribution in [3.05, 3.63) is 66.7 Å². The largest absolute Gasteiger partial charge is 0.423 e. The van der Waals surface area contributed by atoms with E-state index in [0.717, 1.165) is 22.8 Å². The fourth-order valence-electron chi connectivity index (χ4n) is 2.07. The highest BCUT2D eigenvalue weighted by molar-refractivity contribution is 5.86. The van der Waals surface area contributed by atoms with E-state index >= 15 is 0 Å². The molecule has 2 aromatic carbocycles. The number of carbonyl (C=O) groups excluding carboxylic acids is 1. The molecule has 2 rings (SSSR count). The third-order valence-electron chi connectivity index (χ3n) is 2.93. The van der Waals surface area contributed by atoms with Gasteiger partial charge in [0.25, 0.3) is 0 Å². The second kappa shape index (κ2) is 6.68. The Balaban J connectivity index is 2.54. The molecule has 0 aliphatic heterocycles. The van der Waals surface area contributed by atoms with E-state index in [-0.39, 0.29) is 6.61 Å². The maximum atomic E-state index is 11.4. The number of benzene rings is 2. The van der Waals surface area contributed by atoms with Crippen molar-refractivity contribution in [1.82, 2.24) is 0 Å². The highest BCUT2D eigenvalue weighted by Gasteiger charge is 2.13. The van der Waals surface area contributed by atoms with Crippen molar-refractivity contribution in [3.8, 4) is 16.9 Å². The summed E-state index contributed by atoms with van der Waals surface area (Å²) in [4.78, 5) is 11.4. The van der Waals surface area contributed by atoms with Gasteiger partial charge in [-0.15, -0.1) is 0 Å². The molecule has 0 unspecified atom stereocenters. The minimum absolute atomic E-state index is 0.0404. The number of esters is 1. The zero-order valence-corrected chi connectivity index (χ0v) is 11.1. The predicted molar refractivity (Wildman–Crippen MR) is 78.5 cm³/mol. The van der Waals surface area contributed by atoms with Gasteiger partial charge >= 0.3 is 5.97 Å². The topological polar surface area (TPSA) is 46.5 Å². The van der Waals surface area contributed by atoms with Crippen molar-refractivity contribution in [2.75, 3.05) is 6.61 Å². The molecule has 0 atom stereocenters. The molecule has 0 heterocycles. The van der Waals surface area contributed by atoms with E-state index < -0.39 is 5.97 Å². The summed E-state index contributed by atoms with van der Waals surface area (Å²) in [6, 6.07) is 15.1. The van der Waals surface area contributed by atoms with Gasteiger partial charge in [0, 0.05) is 18.2 Å². The normalized spacial score (nSPS) is 10.1. The summed E-state index contributed by atoms with van der Waals surface area (Å²) in [5, 5.41) is 9.19. The standard InChI is InChI=1S/C17H16O3/c1-2-16(19)20-15-10-6-9-14(11-12-18)17(15)13-7-4-3-5-8-13/h2-10,18H,1,11-12H2. The Morgan fingerprint density at radius 1 is 1.15 bits per heavy atom. The van der Waals surface area contributed by atoms with E-state index in [4.69, 9.17) is 4.74 Å². The van der Waals surface area contributed by atoms with E-state index in [1.54, 1.807) is 6.07 Å². The van der Waals surface area contributed by atoms with Crippen LogP contribution in [0.5, 0.6) is 5.75 Å². The molecule has 0 bridgehead atoms. The third-order valence-corrected chi connectivity index (χ3v) is 2.93. The monoisotopic (exact) mass is 268 g/mol. The van der Waals surface area contributed by atoms with Crippen LogP contribution in [0.1, 0.15) is 5.56 Å². The summed E-state index contributed by atoms with van der Waals surface area (Å²) in [7, 11) is 0. The molecule has 3 nitrogen and oxygen atoms in total.